The first kappa shape index (κ1) is 17.7. The van der Waals surface area contributed by atoms with Gasteiger partial charge in [0.25, 0.3) is 0 Å². The van der Waals surface area contributed by atoms with Crippen LogP contribution in [0.1, 0.15) is 48.5 Å². The molecule has 0 spiro atoms. The van der Waals surface area contributed by atoms with E-state index in [9.17, 15) is 0 Å². The van der Waals surface area contributed by atoms with Gasteiger partial charge in [-0.2, -0.15) is 0 Å². The second kappa shape index (κ2) is 7.33. The Bertz CT molecular complexity index is 425. The Hall–Kier alpha value is -1.30. The molecule has 0 radical (unpaired) electrons. The zero-order valence-electron chi connectivity index (χ0n) is 13.8. The highest BCUT2D eigenvalue weighted by atomic mass is 14.3. The fourth-order valence-electron chi connectivity index (χ4n) is 2.20. The average Bonchev–Trinajstić information content (AvgIpc) is 2.57. The van der Waals surface area contributed by atoms with Crippen molar-refractivity contribution in [1.82, 2.24) is 0 Å². The molecule has 1 unspecified atom stereocenters. The molecule has 0 saturated heterocycles. The Balaban J connectivity index is 0.000000741. The van der Waals surface area contributed by atoms with Crippen molar-refractivity contribution >= 4 is 0 Å². The normalized spacial score (nSPS) is 23.0. The van der Waals surface area contributed by atoms with Crippen LogP contribution in [0.15, 0.2) is 59.8 Å². The number of fused-ring (bicyclic) bond motifs is 1. The predicted molar refractivity (Wildman–Crippen MR) is 89.2 cm³/mol. The van der Waals surface area contributed by atoms with Gasteiger partial charge in [0.15, 0.2) is 0 Å². The molecule has 0 aromatic heterocycles. The first-order valence-electron chi connectivity index (χ1n) is 7.43. The SMILES string of the molecule is C=C1C2=CC=CC(C)(C)C=C2C(=C)C1C.CC.CC. The molecule has 0 aromatic rings. The first-order valence-corrected chi connectivity index (χ1v) is 7.43. The van der Waals surface area contributed by atoms with Crippen LogP contribution in [0.5, 0.6) is 0 Å². The van der Waals surface area contributed by atoms with E-state index in [0.29, 0.717) is 5.92 Å². The molecule has 0 aliphatic heterocycles. The molecular formula is C19H30. The van der Waals surface area contributed by atoms with E-state index >= 15 is 0 Å². The maximum absolute atomic E-state index is 4.18. The summed E-state index contributed by atoms with van der Waals surface area (Å²) in [5, 5.41) is 0. The van der Waals surface area contributed by atoms with Crippen LogP contribution in [-0.4, -0.2) is 0 Å². The average molecular weight is 258 g/mol. The third kappa shape index (κ3) is 3.83. The summed E-state index contributed by atoms with van der Waals surface area (Å²) in [5.74, 6) is 0.393. The van der Waals surface area contributed by atoms with Crippen molar-refractivity contribution in [3.8, 4) is 0 Å². The number of hydrogen-bond donors (Lipinski definition) is 0. The summed E-state index contributed by atoms with van der Waals surface area (Å²) >= 11 is 0. The molecule has 0 aromatic carbocycles. The number of hydrogen-bond acceptors (Lipinski definition) is 0. The highest BCUT2D eigenvalue weighted by Gasteiger charge is 2.30. The summed E-state index contributed by atoms with van der Waals surface area (Å²) in [6.45, 7) is 22.9. The Morgan fingerprint density at radius 2 is 1.42 bits per heavy atom. The summed E-state index contributed by atoms with van der Waals surface area (Å²) in [4.78, 5) is 0. The van der Waals surface area contributed by atoms with E-state index in [1.54, 1.807) is 0 Å². The molecule has 0 heteroatoms. The largest absolute Gasteiger partial charge is 0.0946 e. The smallest absolute Gasteiger partial charge is 0.00614 e. The zero-order chi connectivity index (χ0) is 15.2. The van der Waals surface area contributed by atoms with Gasteiger partial charge >= 0.3 is 0 Å². The minimum absolute atomic E-state index is 0.112. The van der Waals surface area contributed by atoms with E-state index in [0.717, 1.165) is 0 Å². The zero-order valence-corrected chi connectivity index (χ0v) is 13.8. The van der Waals surface area contributed by atoms with Crippen molar-refractivity contribution < 1.29 is 0 Å². The van der Waals surface area contributed by atoms with Gasteiger partial charge in [-0.3, -0.25) is 0 Å². The Morgan fingerprint density at radius 3 is 1.95 bits per heavy atom. The molecule has 0 heterocycles. The highest BCUT2D eigenvalue weighted by Crippen LogP contribution is 2.45. The van der Waals surface area contributed by atoms with E-state index in [2.05, 4.69) is 58.2 Å². The monoisotopic (exact) mass is 258 g/mol. The van der Waals surface area contributed by atoms with Crippen LogP contribution in [0.3, 0.4) is 0 Å². The molecule has 0 amide bonds. The topological polar surface area (TPSA) is 0 Å². The van der Waals surface area contributed by atoms with E-state index in [-0.39, 0.29) is 5.41 Å². The lowest BCUT2D eigenvalue weighted by Gasteiger charge is -2.15. The second-order valence-corrected chi connectivity index (χ2v) is 5.09. The molecule has 1 fully saturated rings. The Kier molecular flexibility index (Phi) is 6.83. The van der Waals surface area contributed by atoms with Gasteiger partial charge in [-0.05, 0) is 22.3 Å². The molecule has 19 heavy (non-hydrogen) atoms. The standard InChI is InChI=1S/C15H18.2C2H6/c1-10-11(2)13-7-6-8-15(4,5)9-14(13)12(10)3;2*1-2/h6-10H,2-3H2,1,4-5H3;2*1-2H3. The van der Waals surface area contributed by atoms with Gasteiger partial charge in [0.2, 0.25) is 0 Å². The van der Waals surface area contributed by atoms with Crippen molar-refractivity contribution in [2.24, 2.45) is 11.3 Å². The molecule has 106 valence electrons. The number of rotatable bonds is 0. The van der Waals surface area contributed by atoms with Crippen molar-refractivity contribution in [3.63, 3.8) is 0 Å². The third-order valence-corrected chi connectivity index (χ3v) is 3.33. The quantitative estimate of drug-likeness (QED) is 0.482. The van der Waals surface area contributed by atoms with Gasteiger partial charge < -0.3 is 0 Å². The van der Waals surface area contributed by atoms with Crippen LogP contribution in [-0.2, 0) is 0 Å². The van der Waals surface area contributed by atoms with Crippen molar-refractivity contribution in [2.45, 2.75) is 48.5 Å². The van der Waals surface area contributed by atoms with E-state index < -0.39 is 0 Å². The van der Waals surface area contributed by atoms with E-state index in [4.69, 9.17) is 0 Å². The van der Waals surface area contributed by atoms with Gasteiger partial charge in [-0.15, -0.1) is 0 Å². The lowest BCUT2D eigenvalue weighted by atomic mass is 9.89. The summed E-state index contributed by atoms with van der Waals surface area (Å²) < 4.78 is 0. The molecule has 1 atom stereocenters. The molecule has 2 aliphatic carbocycles. The molecule has 0 nitrogen and oxygen atoms in total. The Labute approximate surface area is 120 Å². The summed E-state index contributed by atoms with van der Waals surface area (Å²) in [6, 6.07) is 0. The van der Waals surface area contributed by atoms with E-state index in [1.165, 1.54) is 22.3 Å². The summed E-state index contributed by atoms with van der Waals surface area (Å²) in [6.07, 6.45) is 8.82. The highest BCUT2D eigenvalue weighted by molar-refractivity contribution is 5.66. The van der Waals surface area contributed by atoms with Crippen LogP contribution in [0, 0.1) is 11.3 Å². The molecule has 0 bridgehead atoms. The molecule has 1 saturated carbocycles. The summed E-state index contributed by atoms with van der Waals surface area (Å²) in [7, 11) is 0. The molecule has 0 N–H and O–H groups in total. The second-order valence-electron chi connectivity index (χ2n) is 5.09. The van der Waals surface area contributed by atoms with Crippen molar-refractivity contribution in [2.75, 3.05) is 0 Å². The maximum atomic E-state index is 4.18. The fourth-order valence-corrected chi connectivity index (χ4v) is 2.20. The van der Waals surface area contributed by atoms with Crippen molar-refractivity contribution in [1.29, 1.82) is 0 Å². The van der Waals surface area contributed by atoms with Gasteiger partial charge in [-0.1, -0.05) is 85.9 Å². The van der Waals surface area contributed by atoms with Crippen LogP contribution in [0.2, 0.25) is 0 Å². The maximum Gasteiger partial charge on any atom is 0.00614 e. The van der Waals surface area contributed by atoms with Crippen molar-refractivity contribution in [3.05, 3.63) is 59.8 Å². The number of allylic oxidation sites excluding steroid dienone is 8. The minimum atomic E-state index is 0.112. The fraction of sp³-hybridized carbons (Fsp3) is 0.474. The van der Waals surface area contributed by atoms with Crippen LogP contribution in [0.4, 0.5) is 0 Å². The lowest BCUT2D eigenvalue weighted by Crippen LogP contribution is -2.03. The van der Waals surface area contributed by atoms with E-state index in [1.807, 2.05) is 27.7 Å². The summed E-state index contributed by atoms with van der Waals surface area (Å²) in [5.41, 5.74) is 5.09. The molecular weight excluding hydrogens is 228 g/mol. The molecule has 2 aliphatic rings. The molecule has 2 rings (SSSR count). The van der Waals surface area contributed by atoms with Gasteiger partial charge in [0.05, 0.1) is 0 Å². The van der Waals surface area contributed by atoms with Crippen LogP contribution in [0.25, 0.3) is 0 Å². The van der Waals surface area contributed by atoms with Gasteiger partial charge in [0, 0.05) is 11.3 Å². The van der Waals surface area contributed by atoms with Gasteiger partial charge in [0.1, 0.15) is 0 Å². The predicted octanol–water partition coefficient (Wildman–Crippen LogP) is 6.25. The third-order valence-electron chi connectivity index (χ3n) is 3.33. The first-order chi connectivity index (χ1) is 8.92. The van der Waals surface area contributed by atoms with Gasteiger partial charge in [-0.25, -0.2) is 0 Å². The van der Waals surface area contributed by atoms with Crippen LogP contribution < -0.4 is 0 Å². The van der Waals surface area contributed by atoms with Crippen LogP contribution >= 0.6 is 0 Å². The Morgan fingerprint density at radius 1 is 0.947 bits per heavy atom. The lowest BCUT2D eigenvalue weighted by molar-refractivity contribution is 0.623. The minimum Gasteiger partial charge on any atom is -0.0946 e.